The van der Waals surface area contributed by atoms with Gasteiger partial charge in [-0.15, -0.1) is 0 Å². The number of carbonyl (C=O) groups excluding carboxylic acids is 1. The second kappa shape index (κ2) is 12.5. The summed E-state index contributed by atoms with van der Waals surface area (Å²) in [4.78, 5) is 14.8. The van der Waals surface area contributed by atoms with E-state index < -0.39 is 61.7 Å². The van der Waals surface area contributed by atoms with Crippen molar-refractivity contribution >= 4 is 31.6 Å². The average Bonchev–Trinajstić information content (AvgIpc) is 2.87. The highest BCUT2D eigenvalue weighted by atomic mass is 32.3. The number of sulfonamides is 2. The molecule has 1 aliphatic heterocycles. The maximum absolute atomic E-state index is 13.5. The first-order valence-corrected chi connectivity index (χ1v) is 17.1. The van der Waals surface area contributed by atoms with Crippen LogP contribution >= 0.6 is 0 Å². The first-order chi connectivity index (χ1) is 19.5. The van der Waals surface area contributed by atoms with Gasteiger partial charge >= 0.3 is 6.18 Å². The number of nitrogens with one attached hydrogen (secondary N) is 2. The number of aliphatic hydroxyl groups excluding tert-OH is 1. The number of carbonyl (C=O) groups is 1. The normalized spacial score (nSPS) is 21.4. The minimum Gasteiger partial charge on any atom is -0.374 e. The van der Waals surface area contributed by atoms with Crippen LogP contribution in [-0.2, 0) is 31.0 Å². The molecule has 1 amide bonds. The van der Waals surface area contributed by atoms with E-state index in [1.165, 1.54) is 5.56 Å². The van der Waals surface area contributed by atoms with Crippen molar-refractivity contribution in [1.29, 1.82) is 0 Å². The zero-order valence-electron chi connectivity index (χ0n) is 23.2. The Balaban J connectivity index is 1.31. The molecule has 2 aliphatic rings. The predicted octanol–water partition coefficient (Wildman–Crippen LogP) is 2.54. The number of rotatable bonds is 10. The van der Waals surface area contributed by atoms with E-state index in [9.17, 15) is 39.9 Å². The molecule has 2 aromatic carbocycles. The van der Waals surface area contributed by atoms with E-state index in [0.717, 1.165) is 31.7 Å². The van der Waals surface area contributed by atoms with Crippen molar-refractivity contribution in [2.45, 2.75) is 56.1 Å². The number of halogens is 3. The van der Waals surface area contributed by atoms with Crippen molar-refractivity contribution in [1.82, 2.24) is 15.5 Å². The number of benzene rings is 2. The van der Waals surface area contributed by atoms with E-state index in [1.54, 1.807) is 0 Å². The Morgan fingerprint density at radius 2 is 1.60 bits per heavy atom. The maximum atomic E-state index is 13.5. The van der Waals surface area contributed by atoms with Gasteiger partial charge in [-0.25, -0.2) is 16.8 Å². The smallest absolute Gasteiger partial charge is 0.374 e. The van der Waals surface area contributed by atoms with Crippen molar-refractivity contribution in [2.24, 2.45) is 0 Å². The fourth-order valence-electron chi connectivity index (χ4n) is 5.68. The minimum absolute atomic E-state index is 0.0958. The number of alkyl halides is 3. The molecule has 42 heavy (non-hydrogen) atoms. The van der Waals surface area contributed by atoms with E-state index in [-0.39, 0.29) is 9.75 Å². The number of anilines is 1. The van der Waals surface area contributed by atoms with Gasteiger partial charge in [-0.1, -0.05) is 30.3 Å². The molecule has 1 saturated carbocycles. The van der Waals surface area contributed by atoms with Gasteiger partial charge < -0.3 is 10.4 Å². The lowest BCUT2D eigenvalue weighted by molar-refractivity contribution is -0.137. The summed E-state index contributed by atoms with van der Waals surface area (Å²) in [6, 6.07) is 12.5. The summed E-state index contributed by atoms with van der Waals surface area (Å²) >= 11 is 0. The molecular weight excluding hydrogens is 597 g/mol. The number of hydrogen-bond acceptors (Lipinski definition) is 8. The maximum Gasteiger partial charge on any atom is 0.416 e. The molecule has 0 radical (unpaired) electrons. The van der Waals surface area contributed by atoms with Gasteiger partial charge in [0.05, 0.1) is 36.3 Å². The van der Waals surface area contributed by atoms with Crippen molar-refractivity contribution < 1.29 is 39.9 Å². The molecule has 1 heterocycles. The van der Waals surface area contributed by atoms with Gasteiger partial charge in [0.2, 0.25) is 26.0 Å². The molecular formula is C27H35F3N4O6S2. The van der Waals surface area contributed by atoms with Crippen LogP contribution < -0.4 is 14.3 Å². The van der Waals surface area contributed by atoms with Crippen LogP contribution in [0.15, 0.2) is 48.5 Å². The Labute approximate surface area is 244 Å². The summed E-state index contributed by atoms with van der Waals surface area (Å²) in [5, 5.41) is 15.8. The highest BCUT2D eigenvalue weighted by molar-refractivity contribution is 8.09. The topological polar surface area (TPSA) is 136 Å². The molecule has 1 aliphatic carbocycles. The first kappa shape index (κ1) is 32.2. The third kappa shape index (κ3) is 8.01. The molecule has 1 unspecified atom stereocenters. The zero-order valence-corrected chi connectivity index (χ0v) is 24.8. The van der Waals surface area contributed by atoms with Crippen molar-refractivity contribution in [3.8, 4) is 0 Å². The van der Waals surface area contributed by atoms with Gasteiger partial charge in [0.1, 0.15) is 6.23 Å². The monoisotopic (exact) mass is 632 g/mol. The fraction of sp³-hybridized carbons (Fsp3) is 0.519. The van der Waals surface area contributed by atoms with Gasteiger partial charge in [-0.3, -0.25) is 15.0 Å². The third-order valence-corrected chi connectivity index (χ3v) is 10.9. The molecule has 4 rings (SSSR count). The summed E-state index contributed by atoms with van der Waals surface area (Å²) in [5.41, 5.74) is -1.29. The molecule has 1 saturated heterocycles. The van der Waals surface area contributed by atoms with Crippen LogP contribution in [0.1, 0.15) is 54.5 Å². The molecule has 0 spiro atoms. The van der Waals surface area contributed by atoms with Crippen LogP contribution in [0, 0.1) is 0 Å². The first-order valence-electron chi connectivity index (χ1n) is 13.4. The Morgan fingerprint density at radius 1 is 1.00 bits per heavy atom. The minimum atomic E-state index is -4.97. The molecule has 15 heteroatoms. The van der Waals surface area contributed by atoms with Crippen LogP contribution in [0.2, 0.25) is 0 Å². The van der Waals surface area contributed by atoms with Crippen LogP contribution in [0.3, 0.4) is 0 Å². The number of nitrogens with zero attached hydrogens (tertiary/aromatic N) is 2. The summed E-state index contributed by atoms with van der Waals surface area (Å²) in [6.07, 6.45) is -1.38. The number of aliphatic hydroxyl groups is 1. The lowest BCUT2D eigenvalue weighted by Gasteiger charge is -2.46. The Hall–Kier alpha value is -2.72. The zero-order chi connectivity index (χ0) is 30.9. The summed E-state index contributed by atoms with van der Waals surface area (Å²) in [6.45, 7) is 0.921. The van der Waals surface area contributed by atoms with Gasteiger partial charge in [0.25, 0.3) is 0 Å². The SMILES string of the molecule is CS(=O)(=O)N(c1cc(C(O)NCC(=O)NC2CN(C3CCC(c4ccccc4)CC3)C2)cc(C(F)(F)F)c1)S(C)(=O)=O. The van der Waals surface area contributed by atoms with Crippen molar-refractivity contribution in [3.63, 3.8) is 0 Å². The summed E-state index contributed by atoms with van der Waals surface area (Å²) in [7, 11) is -9.07. The van der Waals surface area contributed by atoms with Crippen molar-refractivity contribution in [3.05, 3.63) is 65.2 Å². The van der Waals surface area contributed by atoms with E-state index in [2.05, 4.69) is 39.8 Å². The van der Waals surface area contributed by atoms with Crippen LogP contribution in [0.5, 0.6) is 0 Å². The standard InChI is InChI=1S/C27H35F3N4O6S2/c1-41(37,38)34(42(2,39)40)24-13-20(12-21(14-24)27(28,29)30)26(36)31-15-25(35)32-22-16-33(17-22)23-10-8-19(9-11-23)18-6-4-3-5-7-18/h3-7,12-14,19,22-23,26,31,36H,8-11,15-17H2,1-2H3,(H,32,35). The molecule has 2 aromatic rings. The highest BCUT2D eigenvalue weighted by Crippen LogP contribution is 2.37. The molecule has 0 aromatic heterocycles. The highest BCUT2D eigenvalue weighted by Gasteiger charge is 2.37. The van der Waals surface area contributed by atoms with Crippen LogP contribution in [-0.4, -0.2) is 77.0 Å². The van der Waals surface area contributed by atoms with Gasteiger partial charge in [-0.2, -0.15) is 16.9 Å². The second-order valence-corrected chi connectivity index (χ2v) is 14.8. The van der Waals surface area contributed by atoms with E-state index in [4.69, 9.17) is 0 Å². The van der Waals surface area contributed by atoms with Crippen LogP contribution in [0.4, 0.5) is 18.9 Å². The average molecular weight is 633 g/mol. The number of likely N-dealkylation sites (tertiary alicyclic amines) is 1. The quantitative estimate of drug-likeness (QED) is 0.340. The Morgan fingerprint density at radius 3 is 2.14 bits per heavy atom. The fourth-order valence-corrected chi connectivity index (χ4v) is 8.62. The largest absolute Gasteiger partial charge is 0.416 e. The summed E-state index contributed by atoms with van der Waals surface area (Å²) < 4.78 is 88.9. The predicted molar refractivity (Wildman–Crippen MR) is 152 cm³/mol. The number of hydrogen-bond donors (Lipinski definition) is 3. The molecule has 2 fully saturated rings. The van der Waals surface area contributed by atoms with E-state index in [0.29, 0.717) is 49.7 Å². The van der Waals surface area contributed by atoms with E-state index >= 15 is 0 Å². The Bertz CT molecular complexity index is 1440. The van der Waals surface area contributed by atoms with Crippen molar-refractivity contribution in [2.75, 3.05) is 35.9 Å². The van der Waals surface area contributed by atoms with Gasteiger partial charge in [-0.05, 0) is 60.9 Å². The lowest BCUT2D eigenvalue weighted by atomic mass is 9.80. The molecule has 10 nitrogen and oxygen atoms in total. The van der Waals surface area contributed by atoms with Gasteiger partial charge in [0, 0.05) is 19.1 Å². The lowest BCUT2D eigenvalue weighted by Crippen LogP contribution is -2.63. The van der Waals surface area contributed by atoms with Crippen LogP contribution in [0.25, 0.3) is 0 Å². The number of amides is 1. The van der Waals surface area contributed by atoms with Gasteiger partial charge in [0.15, 0.2) is 0 Å². The molecule has 232 valence electrons. The molecule has 0 bridgehead atoms. The Kier molecular flexibility index (Phi) is 9.57. The molecule has 3 N–H and O–H groups in total. The second-order valence-electron chi connectivity index (χ2n) is 11.0. The summed E-state index contributed by atoms with van der Waals surface area (Å²) in [5.74, 6) is 0.0815. The van der Waals surface area contributed by atoms with E-state index in [1.807, 2.05) is 6.07 Å². The third-order valence-electron chi connectivity index (χ3n) is 7.61. The molecule has 1 atom stereocenters.